The van der Waals surface area contributed by atoms with Crippen LogP contribution in [0.2, 0.25) is 0 Å². The molecular formula is C16H16N4S. The third kappa shape index (κ3) is 2.14. The van der Waals surface area contributed by atoms with Gasteiger partial charge >= 0.3 is 0 Å². The normalized spacial score (nSPS) is 14.1. The van der Waals surface area contributed by atoms with Crippen LogP contribution < -0.4 is 5.73 Å². The highest BCUT2D eigenvalue weighted by Crippen LogP contribution is 2.40. The Morgan fingerprint density at radius 2 is 1.95 bits per heavy atom. The first-order valence-electron chi connectivity index (χ1n) is 7.19. The fourth-order valence-electron chi connectivity index (χ4n) is 2.96. The number of thiophene rings is 1. The van der Waals surface area contributed by atoms with Crippen molar-refractivity contribution in [1.82, 2.24) is 15.2 Å². The van der Waals surface area contributed by atoms with E-state index in [1.54, 1.807) is 12.4 Å². The summed E-state index contributed by atoms with van der Waals surface area (Å²) >= 11 is 1.87. The van der Waals surface area contributed by atoms with Gasteiger partial charge in [0.25, 0.3) is 0 Å². The third-order valence-corrected chi connectivity index (χ3v) is 5.26. The zero-order chi connectivity index (χ0) is 14.2. The number of H-pyrrole nitrogens is 1. The maximum Gasteiger partial charge on any atom is 0.153 e. The van der Waals surface area contributed by atoms with Crippen LogP contribution >= 0.6 is 11.3 Å². The van der Waals surface area contributed by atoms with Gasteiger partial charge in [-0.05, 0) is 55.0 Å². The number of hydrogen-bond donors (Lipinski definition) is 2. The highest BCUT2D eigenvalue weighted by molar-refractivity contribution is 7.15. The first kappa shape index (κ1) is 12.6. The number of anilines is 1. The van der Waals surface area contributed by atoms with E-state index in [9.17, 15) is 0 Å². The van der Waals surface area contributed by atoms with Gasteiger partial charge in [-0.3, -0.25) is 10.1 Å². The van der Waals surface area contributed by atoms with Crippen molar-refractivity contribution in [3.8, 4) is 21.7 Å². The average molecular weight is 296 g/mol. The van der Waals surface area contributed by atoms with Gasteiger partial charge in [-0.15, -0.1) is 11.3 Å². The zero-order valence-corrected chi connectivity index (χ0v) is 12.4. The van der Waals surface area contributed by atoms with Crippen molar-refractivity contribution in [2.24, 2.45) is 0 Å². The fraction of sp³-hybridized carbons (Fsp3) is 0.250. The lowest BCUT2D eigenvalue weighted by Crippen LogP contribution is -1.96. The molecule has 4 nitrogen and oxygen atoms in total. The van der Waals surface area contributed by atoms with Crippen LogP contribution in [0, 0.1) is 0 Å². The lowest BCUT2D eigenvalue weighted by Gasteiger charge is -2.08. The summed E-state index contributed by atoms with van der Waals surface area (Å²) in [5, 5.41) is 7.33. The monoisotopic (exact) mass is 296 g/mol. The lowest BCUT2D eigenvalue weighted by molar-refractivity contribution is 0.697. The van der Waals surface area contributed by atoms with E-state index in [1.165, 1.54) is 41.0 Å². The van der Waals surface area contributed by atoms with Gasteiger partial charge < -0.3 is 5.73 Å². The van der Waals surface area contributed by atoms with Gasteiger partial charge in [-0.25, -0.2) is 0 Å². The molecule has 106 valence electrons. The molecule has 0 fully saturated rings. The molecule has 0 saturated heterocycles. The Balaban J connectivity index is 1.85. The van der Waals surface area contributed by atoms with Gasteiger partial charge in [0.15, 0.2) is 5.82 Å². The number of nitrogens with one attached hydrogen (secondary N) is 1. The Morgan fingerprint density at radius 1 is 1.14 bits per heavy atom. The predicted octanol–water partition coefficient (Wildman–Crippen LogP) is 3.66. The summed E-state index contributed by atoms with van der Waals surface area (Å²) in [6.07, 6.45) is 8.56. The number of aromatic nitrogens is 3. The lowest BCUT2D eigenvalue weighted by atomic mass is 9.98. The molecule has 0 atom stereocenters. The molecule has 3 aromatic heterocycles. The summed E-state index contributed by atoms with van der Waals surface area (Å²) in [6.45, 7) is 0. The quantitative estimate of drug-likeness (QED) is 0.758. The van der Waals surface area contributed by atoms with Crippen molar-refractivity contribution < 1.29 is 0 Å². The van der Waals surface area contributed by atoms with E-state index in [0.29, 0.717) is 5.82 Å². The Morgan fingerprint density at radius 3 is 2.76 bits per heavy atom. The second-order valence-electron chi connectivity index (χ2n) is 5.36. The third-order valence-electron chi connectivity index (χ3n) is 4.01. The van der Waals surface area contributed by atoms with Crippen molar-refractivity contribution in [1.29, 1.82) is 0 Å². The smallest absolute Gasteiger partial charge is 0.153 e. The van der Waals surface area contributed by atoms with Crippen LogP contribution in [0.15, 0.2) is 30.6 Å². The summed E-state index contributed by atoms with van der Waals surface area (Å²) in [4.78, 5) is 6.82. The molecule has 0 unspecified atom stereocenters. The molecule has 1 aliphatic rings. The number of nitrogens with zero attached hydrogens (tertiary/aromatic N) is 2. The molecule has 0 saturated carbocycles. The van der Waals surface area contributed by atoms with Crippen molar-refractivity contribution in [2.75, 3.05) is 5.73 Å². The molecule has 0 amide bonds. The minimum Gasteiger partial charge on any atom is -0.382 e. The number of aromatic amines is 1. The van der Waals surface area contributed by atoms with Gasteiger partial charge in [0.05, 0.1) is 16.1 Å². The fourth-order valence-corrected chi connectivity index (χ4v) is 4.21. The van der Waals surface area contributed by atoms with Crippen LogP contribution in [0.25, 0.3) is 21.7 Å². The Hall–Kier alpha value is -2.14. The van der Waals surface area contributed by atoms with Crippen LogP contribution in [0.4, 0.5) is 5.82 Å². The molecular weight excluding hydrogens is 280 g/mol. The number of nitrogens with two attached hydrogens (primary N) is 1. The van der Waals surface area contributed by atoms with E-state index in [-0.39, 0.29) is 0 Å². The molecule has 21 heavy (non-hydrogen) atoms. The molecule has 3 N–H and O–H groups in total. The van der Waals surface area contributed by atoms with E-state index < -0.39 is 0 Å². The topological polar surface area (TPSA) is 67.6 Å². The number of rotatable bonds is 2. The maximum absolute atomic E-state index is 6.07. The van der Waals surface area contributed by atoms with Crippen molar-refractivity contribution in [2.45, 2.75) is 25.7 Å². The van der Waals surface area contributed by atoms with Crippen LogP contribution in [0.3, 0.4) is 0 Å². The highest BCUT2D eigenvalue weighted by atomic mass is 32.1. The minimum absolute atomic E-state index is 0.544. The average Bonchev–Trinajstić information content (AvgIpc) is 3.11. The van der Waals surface area contributed by atoms with Crippen LogP contribution in [-0.4, -0.2) is 15.2 Å². The summed E-state index contributed by atoms with van der Waals surface area (Å²) in [5.74, 6) is 0.544. The van der Waals surface area contributed by atoms with E-state index in [2.05, 4.69) is 21.2 Å². The Bertz CT molecular complexity index is 749. The first-order valence-corrected chi connectivity index (χ1v) is 8.01. The molecule has 3 aromatic rings. The van der Waals surface area contributed by atoms with Gasteiger partial charge in [-0.2, -0.15) is 5.10 Å². The van der Waals surface area contributed by atoms with E-state index in [0.717, 1.165) is 16.8 Å². The number of hydrogen-bond acceptors (Lipinski definition) is 4. The molecule has 0 radical (unpaired) electrons. The molecule has 4 rings (SSSR count). The van der Waals surface area contributed by atoms with Gasteiger partial charge in [0, 0.05) is 17.3 Å². The van der Waals surface area contributed by atoms with E-state index >= 15 is 0 Å². The molecule has 0 aromatic carbocycles. The van der Waals surface area contributed by atoms with Crippen molar-refractivity contribution >= 4 is 17.2 Å². The van der Waals surface area contributed by atoms with Crippen molar-refractivity contribution in [3.05, 3.63) is 41.0 Å². The van der Waals surface area contributed by atoms with Gasteiger partial charge in [0.1, 0.15) is 0 Å². The number of aryl methyl sites for hydroxylation is 2. The number of pyridine rings is 1. The predicted molar refractivity (Wildman–Crippen MR) is 86.2 cm³/mol. The molecule has 0 aliphatic heterocycles. The van der Waals surface area contributed by atoms with Crippen LogP contribution in [0.5, 0.6) is 0 Å². The number of fused-ring (bicyclic) bond motifs is 1. The SMILES string of the molecule is Nc1n[nH]c(-c2cc3c(s2)CCCC3)c1-c1ccncc1. The second-order valence-corrected chi connectivity index (χ2v) is 6.50. The first-order chi connectivity index (χ1) is 10.3. The maximum atomic E-state index is 6.07. The summed E-state index contributed by atoms with van der Waals surface area (Å²) in [7, 11) is 0. The molecule has 3 heterocycles. The molecule has 5 heteroatoms. The van der Waals surface area contributed by atoms with Crippen LogP contribution in [0.1, 0.15) is 23.3 Å². The molecule has 0 spiro atoms. The molecule has 1 aliphatic carbocycles. The van der Waals surface area contributed by atoms with E-state index in [4.69, 9.17) is 5.73 Å². The highest BCUT2D eigenvalue weighted by Gasteiger charge is 2.19. The minimum atomic E-state index is 0.544. The summed E-state index contributed by atoms with van der Waals surface area (Å²) in [6, 6.07) is 6.24. The number of nitrogen functional groups attached to an aromatic ring is 1. The largest absolute Gasteiger partial charge is 0.382 e. The molecule has 0 bridgehead atoms. The summed E-state index contributed by atoms with van der Waals surface area (Å²) in [5.41, 5.74) is 10.6. The van der Waals surface area contributed by atoms with E-state index in [1.807, 2.05) is 23.5 Å². The second kappa shape index (κ2) is 5.00. The summed E-state index contributed by atoms with van der Waals surface area (Å²) < 4.78 is 0. The van der Waals surface area contributed by atoms with Crippen molar-refractivity contribution in [3.63, 3.8) is 0 Å². The van der Waals surface area contributed by atoms with Gasteiger partial charge in [-0.1, -0.05) is 0 Å². The zero-order valence-electron chi connectivity index (χ0n) is 11.6. The Kier molecular flexibility index (Phi) is 3.00. The standard InChI is InChI=1S/C16H16N4S/c17-16-14(10-5-7-18-8-6-10)15(19-20-16)13-9-11-3-1-2-4-12(11)21-13/h5-9H,1-4H2,(H3,17,19,20). The van der Waals surface area contributed by atoms with Gasteiger partial charge in [0.2, 0.25) is 0 Å². The van der Waals surface area contributed by atoms with Crippen LogP contribution in [-0.2, 0) is 12.8 Å². The Labute approximate surface area is 127 Å².